The van der Waals surface area contributed by atoms with E-state index in [1.165, 1.54) is 12.8 Å². The summed E-state index contributed by atoms with van der Waals surface area (Å²) in [7, 11) is 0. The molecule has 1 fully saturated rings. The molecule has 0 spiro atoms. The van der Waals surface area contributed by atoms with Gasteiger partial charge < -0.3 is 10.2 Å². The van der Waals surface area contributed by atoms with E-state index in [4.69, 9.17) is 0 Å². The smallest absolute Gasteiger partial charge is 0.271 e. The summed E-state index contributed by atoms with van der Waals surface area (Å²) in [5, 5.41) is 10.1. The van der Waals surface area contributed by atoms with Crippen molar-refractivity contribution in [3.05, 3.63) is 18.0 Å². The summed E-state index contributed by atoms with van der Waals surface area (Å²) in [5.74, 6) is 0.0572. The van der Waals surface area contributed by atoms with Crippen LogP contribution in [0.15, 0.2) is 12.3 Å². The van der Waals surface area contributed by atoms with Gasteiger partial charge in [0.25, 0.3) is 5.91 Å². The first-order valence-electron chi connectivity index (χ1n) is 6.83. The number of nitrogens with one attached hydrogen (secondary N) is 2. The minimum atomic E-state index is 0.0572. The van der Waals surface area contributed by atoms with E-state index in [0.717, 1.165) is 32.5 Å². The van der Waals surface area contributed by atoms with E-state index in [2.05, 4.69) is 22.4 Å². The van der Waals surface area contributed by atoms with Crippen molar-refractivity contribution in [2.75, 3.05) is 19.6 Å². The Hall–Kier alpha value is -1.36. The summed E-state index contributed by atoms with van der Waals surface area (Å²) < 4.78 is 0. The zero-order chi connectivity index (χ0) is 12.8. The maximum atomic E-state index is 12.3. The maximum absolute atomic E-state index is 12.3. The molecule has 5 heteroatoms. The highest BCUT2D eigenvalue weighted by Gasteiger charge is 2.21. The number of aromatic nitrogens is 2. The summed E-state index contributed by atoms with van der Waals surface area (Å²) in [5.41, 5.74) is 0.583. The summed E-state index contributed by atoms with van der Waals surface area (Å²) in [4.78, 5) is 14.2. The van der Waals surface area contributed by atoms with Gasteiger partial charge in [0.2, 0.25) is 0 Å². The molecule has 5 nitrogen and oxygen atoms in total. The second-order valence-corrected chi connectivity index (χ2v) is 4.87. The van der Waals surface area contributed by atoms with Gasteiger partial charge in [-0.25, -0.2) is 0 Å². The van der Waals surface area contributed by atoms with Crippen LogP contribution in [0.25, 0.3) is 0 Å². The molecule has 0 aliphatic carbocycles. The molecule has 0 bridgehead atoms. The number of hydrogen-bond acceptors (Lipinski definition) is 3. The van der Waals surface area contributed by atoms with Crippen LogP contribution in [0.3, 0.4) is 0 Å². The number of hydrogen-bond donors (Lipinski definition) is 2. The Kier molecular flexibility index (Phi) is 4.75. The minimum Gasteiger partial charge on any atom is -0.336 e. The van der Waals surface area contributed by atoms with Crippen LogP contribution in [0, 0.1) is 0 Å². The molecule has 1 aliphatic rings. The number of piperidine rings is 1. The third-order valence-electron chi connectivity index (χ3n) is 3.37. The van der Waals surface area contributed by atoms with Crippen molar-refractivity contribution in [3.8, 4) is 0 Å². The molecule has 1 aliphatic heterocycles. The lowest BCUT2D eigenvalue weighted by molar-refractivity contribution is 0.0726. The molecular formula is C13H22N4O. The summed E-state index contributed by atoms with van der Waals surface area (Å²) >= 11 is 0. The van der Waals surface area contributed by atoms with Crippen molar-refractivity contribution in [2.45, 2.75) is 38.6 Å². The van der Waals surface area contributed by atoms with Crippen molar-refractivity contribution < 1.29 is 4.79 Å². The Bertz CT molecular complexity index is 357. The highest BCUT2D eigenvalue weighted by molar-refractivity contribution is 5.92. The van der Waals surface area contributed by atoms with Gasteiger partial charge in [-0.15, -0.1) is 0 Å². The van der Waals surface area contributed by atoms with E-state index in [9.17, 15) is 4.79 Å². The largest absolute Gasteiger partial charge is 0.336 e. The quantitative estimate of drug-likeness (QED) is 0.830. The highest BCUT2D eigenvalue weighted by atomic mass is 16.2. The van der Waals surface area contributed by atoms with Gasteiger partial charge in [-0.2, -0.15) is 5.10 Å². The lowest BCUT2D eigenvalue weighted by atomic mass is 10.0. The molecule has 1 atom stereocenters. The van der Waals surface area contributed by atoms with E-state index in [1.54, 1.807) is 12.3 Å². The zero-order valence-corrected chi connectivity index (χ0v) is 11.0. The molecule has 100 valence electrons. The molecule has 0 saturated carbocycles. The molecule has 1 aromatic heterocycles. The van der Waals surface area contributed by atoms with Crippen LogP contribution in [-0.4, -0.2) is 46.7 Å². The molecule has 0 radical (unpaired) electrons. The van der Waals surface area contributed by atoms with Crippen LogP contribution < -0.4 is 5.32 Å². The lowest BCUT2D eigenvalue weighted by Crippen LogP contribution is -2.46. The van der Waals surface area contributed by atoms with E-state index < -0.39 is 0 Å². The van der Waals surface area contributed by atoms with Gasteiger partial charge in [0.1, 0.15) is 5.69 Å². The van der Waals surface area contributed by atoms with Crippen molar-refractivity contribution >= 4 is 5.91 Å². The molecule has 2 heterocycles. The van der Waals surface area contributed by atoms with Crippen LogP contribution in [0.4, 0.5) is 0 Å². The fraction of sp³-hybridized carbons (Fsp3) is 0.692. The zero-order valence-electron chi connectivity index (χ0n) is 11.0. The summed E-state index contributed by atoms with van der Waals surface area (Å²) in [6, 6.07) is 2.18. The highest BCUT2D eigenvalue weighted by Crippen LogP contribution is 2.10. The molecule has 2 rings (SSSR count). The Labute approximate surface area is 108 Å². The molecule has 0 aromatic carbocycles. The fourth-order valence-corrected chi connectivity index (χ4v) is 2.44. The van der Waals surface area contributed by atoms with Crippen molar-refractivity contribution in [1.29, 1.82) is 0 Å². The Balaban J connectivity index is 1.96. The van der Waals surface area contributed by atoms with Crippen molar-refractivity contribution in [2.24, 2.45) is 0 Å². The number of nitrogens with zero attached hydrogens (tertiary/aromatic N) is 2. The Morgan fingerprint density at radius 2 is 2.44 bits per heavy atom. The predicted octanol–water partition coefficient (Wildman–Crippen LogP) is 1.40. The van der Waals surface area contributed by atoms with Gasteiger partial charge >= 0.3 is 0 Å². The molecule has 1 saturated heterocycles. The third kappa shape index (κ3) is 3.32. The molecule has 1 unspecified atom stereocenters. The van der Waals surface area contributed by atoms with E-state index in [0.29, 0.717) is 11.7 Å². The predicted molar refractivity (Wildman–Crippen MR) is 70.4 cm³/mol. The van der Waals surface area contributed by atoms with Crippen LogP contribution >= 0.6 is 0 Å². The number of carbonyl (C=O) groups is 1. The Morgan fingerprint density at radius 1 is 1.56 bits per heavy atom. The van der Waals surface area contributed by atoms with Crippen molar-refractivity contribution in [1.82, 2.24) is 20.4 Å². The van der Waals surface area contributed by atoms with Gasteiger partial charge in [0, 0.05) is 25.3 Å². The number of aromatic amines is 1. The minimum absolute atomic E-state index is 0.0572. The lowest BCUT2D eigenvalue weighted by Gasteiger charge is -2.30. The van der Waals surface area contributed by atoms with Gasteiger partial charge in [-0.05, 0) is 31.9 Å². The first-order chi connectivity index (χ1) is 8.81. The van der Waals surface area contributed by atoms with Crippen molar-refractivity contribution in [3.63, 3.8) is 0 Å². The SMILES string of the molecule is CCCN(CC1CCCCN1)C(=O)c1ccn[nH]1. The Morgan fingerprint density at radius 3 is 3.06 bits per heavy atom. The van der Waals surface area contributed by atoms with Crippen LogP contribution in [0.5, 0.6) is 0 Å². The average molecular weight is 250 g/mol. The first-order valence-corrected chi connectivity index (χ1v) is 6.83. The number of rotatable bonds is 5. The van der Waals surface area contributed by atoms with Crippen LogP contribution in [0.2, 0.25) is 0 Å². The average Bonchev–Trinajstić information content (AvgIpc) is 2.92. The molecule has 1 aromatic rings. The molecule has 18 heavy (non-hydrogen) atoms. The second-order valence-electron chi connectivity index (χ2n) is 4.87. The van der Waals surface area contributed by atoms with Gasteiger partial charge in [-0.3, -0.25) is 9.89 Å². The summed E-state index contributed by atoms with van der Waals surface area (Å²) in [6.45, 7) is 4.77. The molecular weight excluding hydrogens is 228 g/mol. The van der Waals surface area contributed by atoms with Gasteiger partial charge in [0.05, 0.1) is 0 Å². The van der Waals surface area contributed by atoms with E-state index >= 15 is 0 Å². The van der Waals surface area contributed by atoms with Crippen LogP contribution in [0.1, 0.15) is 43.1 Å². The molecule has 2 N–H and O–H groups in total. The number of amides is 1. The summed E-state index contributed by atoms with van der Waals surface area (Å²) in [6.07, 6.45) is 6.27. The maximum Gasteiger partial charge on any atom is 0.271 e. The molecule has 1 amide bonds. The first kappa shape index (κ1) is 13.1. The fourth-order valence-electron chi connectivity index (χ4n) is 2.44. The van der Waals surface area contributed by atoms with E-state index in [1.807, 2.05) is 4.90 Å². The standard InChI is InChI=1S/C13H22N4O/c1-2-9-17(10-11-5-3-4-7-14-11)13(18)12-6-8-15-16-12/h6,8,11,14H,2-5,7,9-10H2,1H3,(H,15,16). The van der Waals surface area contributed by atoms with Crippen LogP contribution in [-0.2, 0) is 0 Å². The topological polar surface area (TPSA) is 61.0 Å². The second kappa shape index (κ2) is 6.54. The van der Waals surface area contributed by atoms with E-state index in [-0.39, 0.29) is 5.91 Å². The normalized spacial score (nSPS) is 19.7. The van der Waals surface area contributed by atoms with Gasteiger partial charge in [-0.1, -0.05) is 13.3 Å². The number of H-pyrrole nitrogens is 1. The van der Waals surface area contributed by atoms with Gasteiger partial charge in [0.15, 0.2) is 0 Å². The number of carbonyl (C=O) groups excluding carboxylic acids is 1. The monoisotopic (exact) mass is 250 g/mol. The third-order valence-corrected chi connectivity index (χ3v) is 3.37.